The molecule has 0 saturated heterocycles. The first-order valence-corrected chi connectivity index (χ1v) is 8.92. The van der Waals surface area contributed by atoms with Gasteiger partial charge in [-0.15, -0.1) is 0 Å². The number of benzene rings is 1. The minimum atomic E-state index is -0.101. The minimum Gasteiger partial charge on any atom is -0.346 e. The summed E-state index contributed by atoms with van der Waals surface area (Å²) in [6.07, 6.45) is 5.71. The van der Waals surface area contributed by atoms with Gasteiger partial charge in [-0.05, 0) is 36.1 Å². The number of carbonyl (C=O) groups excluding carboxylic acids is 1. The van der Waals surface area contributed by atoms with E-state index in [1.807, 2.05) is 40.9 Å². The average molecular weight is 346 g/mol. The van der Waals surface area contributed by atoms with Gasteiger partial charge in [0.15, 0.2) is 0 Å². The normalized spacial score (nSPS) is 10.9. The van der Waals surface area contributed by atoms with Gasteiger partial charge in [0.2, 0.25) is 0 Å². The molecule has 3 aromatic rings. The van der Waals surface area contributed by atoms with Crippen molar-refractivity contribution in [2.75, 3.05) is 6.26 Å². The Labute approximate surface area is 143 Å². The molecular weight excluding hydrogens is 330 g/mol. The van der Waals surface area contributed by atoms with Gasteiger partial charge in [-0.1, -0.05) is 23.7 Å². The van der Waals surface area contributed by atoms with Crippen molar-refractivity contribution < 1.29 is 4.79 Å². The molecule has 2 heterocycles. The lowest BCUT2D eigenvalue weighted by molar-refractivity contribution is 0.0950. The number of rotatable bonds is 5. The highest BCUT2D eigenvalue weighted by Gasteiger charge is 2.07. The number of halogens is 1. The van der Waals surface area contributed by atoms with E-state index in [0.717, 1.165) is 17.1 Å². The highest BCUT2D eigenvalue weighted by atomic mass is 35.5. The molecule has 23 heavy (non-hydrogen) atoms. The second-order valence-electron chi connectivity index (χ2n) is 5.16. The van der Waals surface area contributed by atoms with Crippen LogP contribution in [0.15, 0.2) is 48.8 Å². The monoisotopic (exact) mass is 345 g/mol. The van der Waals surface area contributed by atoms with Crippen LogP contribution in [0.1, 0.15) is 21.6 Å². The number of carbonyl (C=O) groups is 1. The number of hydrogen-bond donors (Lipinski definition) is 1. The maximum Gasteiger partial charge on any atom is 0.251 e. The molecule has 0 fully saturated rings. The minimum absolute atomic E-state index is 0.101. The van der Waals surface area contributed by atoms with Crippen LogP contribution >= 0.6 is 23.4 Å². The SMILES string of the molecule is CSCc1ccc(C(=O)NCc2cn3cc(Cl)ccc3n2)cc1. The number of pyridine rings is 1. The Balaban J connectivity index is 1.65. The van der Waals surface area contributed by atoms with Crippen molar-refractivity contribution >= 4 is 34.9 Å². The summed E-state index contributed by atoms with van der Waals surface area (Å²) in [4.78, 5) is 16.6. The van der Waals surface area contributed by atoms with Gasteiger partial charge in [0.25, 0.3) is 5.91 Å². The maximum atomic E-state index is 12.2. The largest absolute Gasteiger partial charge is 0.346 e. The fraction of sp³-hybridized carbons (Fsp3) is 0.176. The number of aromatic nitrogens is 2. The van der Waals surface area contributed by atoms with Gasteiger partial charge in [0.1, 0.15) is 5.65 Å². The molecule has 1 aromatic carbocycles. The van der Waals surface area contributed by atoms with E-state index in [4.69, 9.17) is 11.6 Å². The molecule has 6 heteroatoms. The summed E-state index contributed by atoms with van der Waals surface area (Å²) in [6.45, 7) is 0.380. The van der Waals surface area contributed by atoms with Crippen LogP contribution in [0.25, 0.3) is 5.65 Å². The van der Waals surface area contributed by atoms with Gasteiger partial charge in [-0.3, -0.25) is 4.79 Å². The average Bonchev–Trinajstić information content (AvgIpc) is 2.95. The first-order valence-electron chi connectivity index (χ1n) is 7.15. The van der Waals surface area contributed by atoms with Crippen molar-refractivity contribution in [3.63, 3.8) is 0 Å². The Morgan fingerprint density at radius 2 is 2.00 bits per heavy atom. The summed E-state index contributed by atoms with van der Waals surface area (Å²) >= 11 is 7.71. The quantitative estimate of drug-likeness (QED) is 0.765. The Bertz CT molecular complexity index is 829. The topological polar surface area (TPSA) is 46.4 Å². The van der Waals surface area contributed by atoms with Crippen LogP contribution in [0.2, 0.25) is 5.02 Å². The predicted octanol–water partition coefficient (Wildman–Crippen LogP) is 3.78. The molecule has 0 atom stereocenters. The summed E-state index contributed by atoms with van der Waals surface area (Å²) in [5, 5.41) is 3.54. The molecule has 118 valence electrons. The molecule has 0 bridgehead atoms. The third-order valence-electron chi connectivity index (χ3n) is 3.42. The molecule has 4 nitrogen and oxygen atoms in total. The molecule has 0 radical (unpaired) electrons. The standard InChI is InChI=1S/C17H16ClN3OS/c1-23-11-12-2-4-13(5-3-12)17(22)19-8-15-10-21-9-14(18)6-7-16(21)20-15/h2-7,9-10H,8,11H2,1H3,(H,19,22). The van der Waals surface area contributed by atoms with Crippen LogP contribution in [0.4, 0.5) is 0 Å². The van der Waals surface area contributed by atoms with Crippen LogP contribution in [-0.4, -0.2) is 21.5 Å². The van der Waals surface area contributed by atoms with Crippen molar-refractivity contribution in [3.05, 3.63) is 70.6 Å². The fourth-order valence-electron chi connectivity index (χ4n) is 2.29. The predicted molar refractivity (Wildman–Crippen MR) is 95.0 cm³/mol. The van der Waals surface area contributed by atoms with Crippen LogP contribution in [-0.2, 0) is 12.3 Å². The third-order valence-corrected chi connectivity index (χ3v) is 4.27. The van der Waals surface area contributed by atoms with Crippen LogP contribution in [0, 0.1) is 0 Å². The van der Waals surface area contributed by atoms with Crippen molar-refractivity contribution in [3.8, 4) is 0 Å². The lowest BCUT2D eigenvalue weighted by atomic mass is 10.1. The number of nitrogens with zero attached hydrogens (tertiary/aromatic N) is 2. The van der Waals surface area contributed by atoms with E-state index in [2.05, 4.69) is 16.6 Å². The molecule has 2 aromatic heterocycles. The first-order chi connectivity index (χ1) is 11.2. The zero-order valence-electron chi connectivity index (χ0n) is 12.6. The molecule has 3 rings (SSSR count). The second-order valence-corrected chi connectivity index (χ2v) is 6.46. The van der Waals surface area contributed by atoms with Crippen molar-refractivity contribution in [2.24, 2.45) is 0 Å². The van der Waals surface area contributed by atoms with Gasteiger partial charge in [-0.25, -0.2) is 4.98 Å². The van der Waals surface area contributed by atoms with E-state index < -0.39 is 0 Å². The van der Waals surface area contributed by atoms with Crippen LogP contribution < -0.4 is 5.32 Å². The number of nitrogens with one attached hydrogen (secondary N) is 1. The lowest BCUT2D eigenvalue weighted by Crippen LogP contribution is -2.22. The highest BCUT2D eigenvalue weighted by molar-refractivity contribution is 7.97. The number of fused-ring (bicyclic) bond motifs is 1. The van der Waals surface area contributed by atoms with Gasteiger partial charge >= 0.3 is 0 Å². The van der Waals surface area contributed by atoms with E-state index in [-0.39, 0.29) is 5.91 Å². The Morgan fingerprint density at radius 1 is 1.22 bits per heavy atom. The van der Waals surface area contributed by atoms with Crippen molar-refractivity contribution in [1.82, 2.24) is 14.7 Å². The third kappa shape index (κ3) is 3.86. The number of amides is 1. The van der Waals surface area contributed by atoms with Gasteiger partial charge in [0, 0.05) is 23.7 Å². The Morgan fingerprint density at radius 3 is 2.74 bits per heavy atom. The molecule has 0 aliphatic rings. The van der Waals surface area contributed by atoms with E-state index >= 15 is 0 Å². The van der Waals surface area contributed by atoms with Gasteiger partial charge in [-0.2, -0.15) is 11.8 Å². The fourth-order valence-corrected chi connectivity index (χ4v) is 2.99. The molecule has 0 aliphatic carbocycles. The van der Waals surface area contributed by atoms with E-state index in [1.165, 1.54) is 5.56 Å². The second kappa shape index (κ2) is 7.06. The summed E-state index contributed by atoms with van der Waals surface area (Å²) in [5.41, 5.74) is 3.47. The maximum absolute atomic E-state index is 12.2. The number of hydrogen-bond acceptors (Lipinski definition) is 3. The Hall–Kier alpha value is -1.98. The Kier molecular flexibility index (Phi) is 4.88. The molecule has 1 amide bonds. The zero-order valence-corrected chi connectivity index (χ0v) is 14.2. The number of imidazole rings is 1. The van der Waals surface area contributed by atoms with Crippen LogP contribution in [0.3, 0.4) is 0 Å². The first kappa shape index (κ1) is 15.9. The van der Waals surface area contributed by atoms with Gasteiger partial charge < -0.3 is 9.72 Å². The molecule has 0 spiro atoms. The molecule has 0 aliphatic heterocycles. The van der Waals surface area contributed by atoms with E-state index in [0.29, 0.717) is 17.1 Å². The van der Waals surface area contributed by atoms with Crippen LogP contribution in [0.5, 0.6) is 0 Å². The summed E-state index contributed by atoms with van der Waals surface area (Å²) in [5.74, 6) is 0.849. The van der Waals surface area contributed by atoms with Gasteiger partial charge in [0.05, 0.1) is 17.3 Å². The number of thioether (sulfide) groups is 1. The smallest absolute Gasteiger partial charge is 0.251 e. The van der Waals surface area contributed by atoms with E-state index in [9.17, 15) is 4.79 Å². The summed E-state index contributed by atoms with van der Waals surface area (Å²) < 4.78 is 1.85. The van der Waals surface area contributed by atoms with Crippen molar-refractivity contribution in [1.29, 1.82) is 0 Å². The molecule has 1 N–H and O–H groups in total. The molecule has 0 unspecified atom stereocenters. The van der Waals surface area contributed by atoms with Crippen molar-refractivity contribution in [2.45, 2.75) is 12.3 Å². The molecular formula is C17H16ClN3OS. The summed E-state index contributed by atoms with van der Waals surface area (Å²) in [7, 11) is 0. The van der Waals surface area contributed by atoms with E-state index in [1.54, 1.807) is 24.0 Å². The lowest BCUT2D eigenvalue weighted by Gasteiger charge is -2.04. The zero-order chi connectivity index (χ0) is 16.2. The molecule has 0 saturated carbocycles. The summed E-state index contributed by atoms with van der Waals surface area (Å²) in [6, 6.07) is 11.3. The highest BCUT2D eigenvalue weighted by Crippen LogP contribution is 2.13.